The third-order valence-corrected chi connectivity index (χ3v) is 15.7. The first-order valence-corrected chi connectivity index (χ1v) is 33.1. The van der Waals surface area contributed by atoms with E-state index in [9.17, 15) is 17.6 Å². The van der Waals surface area contributed by atoms with Crippen LogP contribution >= 0.6 is 0 Å². The molecule has 13 rings (SSSR count). The second kappa shape index (κ2) is 45.4. The predicted molar refractivity (Wildman–Crippen MR) is 396 cm³/mol. The molecule has 2 atom stereocenters. The van der Waals surface area contributed by atoms with E-state index < -0.39 is 11.6 Å². The highest BCUT2D eigenvalue weighted by Crippen LogP contribution is 2.27. The molecule has 0 spiro atoms. The van der Waals surface area contributed by atoms with E-state index >= 15 is 0 Å². The Kier molecular flexibility index (Phi) is 37.5. The number of hydrogen-bond donors (Lipinski definition) is 0. The van der Waals surface area contributed by atoms with E-state index in [1.807, 2.05) is 98.8 Å². The summed E-state index contributed by atoms with van der Waals surface area (Å²) >= 11 is 0. The highest BCUT2D eigenvalue weighted by atomic mass is 19.2. The van der Waals surface area contributed by atoms with Gasteiger partial charge in [-0.15, -0.1) is 0 Å². The monoisotopic (exact) mass is 1260 g/mol. The summed E-state index contributed by atoms with van der Waals surface area (Å²) in [5.41, 5.74) is 14.4. The molecule has 5 heteroatoms. The van der Waals surface area contributed by atoms with Crippen LogP contribution < -0.4 is 0 Å². The molecule has 0 amide bonds. The average Bonchev–Trinajstić information content (AvgIpc) is 1.79. The van der Waals surface area contributed by atoms with E-state index in [1.165, 1.54) is 109 Å². The summed E-state index contributed by atoms with van der Waals surface area (Å²) in [4.78, 5) is 0. The highest BCUT2D eigenvalue weighted by molar-refractivity contribution is 5.64. The van der Waals surface area contributed by atoms with Gasteiger partial charge < -0.3 is 4.74 Å². The number of hydrogen-bond acceptors (Lipinski definition) is 1. The van der Waals surface area contributed by atoms with Crippen molar-refractivity contribution in [2.45, 2.75) is 128 Å². The van der Waals surface area contributed by atoms with Crippen LogP contribution in [0.3, 0.4) is 0 Å². The van der Waals surface area contributed by atoms with E-state index in [0.717, 1.165) is 35.5 Å². The summed E-state index contributed by atoms with van der Waals surface area (Å²) in [6.45, 7) is 24.6. The summed E-state index contributed by atoms with van der Waals surface area (Å²) in [6.07, 6.45) is 9.01. The number of benzene rings is 11. The molecule has 2 fully saturated rings. The van der Waals surface area contributed by atoms with Crippen molar-refractivity contribution < 1.29 is 22.3 Å². The van der Waals surface area contributed by atoms with Crippen LogP contribution in [0, 0.1) is 96.4 Å². The van der Waals surface area contributed by atoms with Gasteiger partial charge in [0.1, 0.15) is 11.6 Å². The zero-order chi connectivity index (χ0) is 68.3. The lowest BCUT2D eigenvalue weighted by Crippen LogP contribution is -2.21. The van der Waals surface area contributed by atoms with Crippen molar-refractivity contribution in [1.29, 1.82) is 0 Å². The zero-order valence-electron chi connectivity index (χ0n) is 57.9. The fourth-order valence-electron chi connectivity index (χ4n) is 9.38. The molecule has 2 aliphatic rings. The summed E-state index contributed by atoms with van der Waals surface area (Å²) in [5, 5.41) is 0. The predicted octanol–water partition coefficient (Wildman–Crippen LogP) is 26.2. The van der Waals surface area contributed by atoms with Gasteiger partial charge in [0.2, 0.25) is 0 Å². The maximum absolute atomic E-state index is 12.6. The van der Waals surface area contributed by atoms with Gasteiger partial charge in [0.05, 0.1) is 6.10 Å². The molecule has 1 nitrogen and oxygen atoms in total. The lowest BCUT2D eigenvalue weighted by atomic mass is 9.84. The topological polar surface area (TPSA) is 9.23 Å². The number of rotatable bonds is 3. The van der Waals surface area contributed by atoms with Crippen molar-refractivity contribution in [3.05, 3.63) is 359 Å². The van der Waals surface area contributed by atoms with Gasteiger partial charge in [0, 0.05) is 6.61 Å². The third kappa shape index (κ3) is 33.1. The van der Waals surface area contributed by atoms with Crippen molar-refractivity contribution in [3.63, 3.8) is 0 Å². The van der Waals surface area contributed by atoms with E-state index in [-0.39, 0.29) is 11.6 Å². The molecule has 11 aromatic carbocycles. The second-order valence-corrected chi connectivity index (χ2v) is 24.5. The Morgan fingerprint density at radius 2 is 0.457 bits per heavy atom. The fourth-order valence-corrected chi connectivity index (χ4v) is 9.38. The first-order chi connectivity index (χ1) is 45.3. The van der Waals surface area contributed by atoms with Crippen LogP contribution in [0.2, 0.25) is 0 Å². The van der Waals surface area contributed by atoms with Gasteiger partial charge >= 0.3 is 0 Å². The molecule has 1 saturated heterocycles. The minimum Gasteiger partial charge on any atom is -0.378 e. The SMILES string of the molecule is CC1CCC(C)CC1.CC1CCC(C)OC1.Cc1ccc(C)c(F)c1.Cc1ccc(C)c(F)c1.Cc1ccc(C)c(F)c1F.Cc1ccc(C)cc1.c1ccc(-c2ccccc2)cc1.c1ccc(-c2ccccc2)cc1.c1ccc(-c2ccccc2)cc1.c1ccccc1. The van der Waals surface area contributed by atoms with Crippen LogP contribution in [0.5, 0.6) is 0 Å². The molecular weight excluding hydrogens is 1160 g/mol. The van der Waals surface area contributed by atoms with Gasteiger partial charge in [-0.05, 0) is 172 Å². The third-order valence-electron chi connectivity index (χ3n) is 15.7. The molecule has 2 unspecified atom stereocenters. The molecule has 1 aliphatic carbocycles. The summed E-state index contributed by atoms with van der Waals surface area (Å²) in [6, 6.07) is 96.4. The minimum atomic E-state index is -0.736. The van der Waals surface area contributed by atoms with Crippen LogP contribution in [0.15, 0.2) is 291 Å². The molecule has 1 saturated carbocycles. The largest absolute Gasteiger partial charge is 0.378 e. The first-order valence-electron chi connectivity index (χ1n) is 33.1. The zero-order valence-corrected chi connectivity index (χ0v) is 57.9. The van der Waals surface area contributed by atoms with Gasteiger partial charge in [-0.2, -0.15) is 0 Å². The van der Waals surface area contributed by atoms with Crippen LogP contribution in [-0.2, 0) is 4.74 Å². The molecule has 94 heavy (non-hydrogen) atoms. The smallest absolute Gasteiger partial charge is 0.161 e. The highest BCUT2D eigenvalue weighted by Gasteiger charge is 2.14. The van der Waals surface area contributed by atoms with Crippen molar-refractivity contribution >= 4 is 0 Å². The van der Waals surface area contributed by atoms with E-state index in [4.69, 9.17) is 4.74 Å². The lowest BCUT2D eigenvalue weighted by molar-refractivity contribution is 0.000265. The van der Waals surface area contributed by atoms with Gasteiger partial charge in [-0.3, -0.25) is 0 Å². The molecule has 0 aromatic heterocycles. The summed E-state index contributed by atoms with van der Waals surface area (Å²) in [5.74, 6) is 1.13. The maximum atomic E-state index is 12.6. The van der Waals surface area contributed by atoms with Crippen LogP contribution in [0.4, 0.5) is 17.6 Å². The quantitative estimate of drug-likeness (QED) is 0.160. The van der Waals surface area contributed by atoms with E-state index in [2.05, 4.69) is 211 Å². The van der Waals surface area contributed by atoms with Crippen molar-refractivity contribution in [2.24, 2.45) is 17.8 Å². The molecular formula is C89H102F4O. The molecule has 0 radical (unpaired) electrons. The number of halogens is 4. The average molecular weight is 1260 g/mol. The van der Waals surface area contributed by atoms with Crippen LogP contribution in [-0.4, -0.2) is 12.7 Å². The Labute approximate surface area is 563 Å². The van der Waals surface area contributed by atoms with E-state index in [1.54, 1.807) is 38.1 Å². The van der Waals surface area contributed by atoms with Crippen molar-refractivity contribution in [2.75, 3.05) is 6.61 Å². The Hall–Kier alpha value is -8.90. The Bertz CT molecular complexity index is 3200. The lowest BCUT2D eigenvalue weighted by Gasteiger charge is -2.23. The van der Waals surface area contributed by atoms with Gasteiger partial charge in [0.15, 0.2) is 11.6 Å². The van der Waals surface area contributed by atoms with E-state index in [0.29, 0.717) is 28.4 Å². The maximum Gasteiger partial charge on any atom is 0.161 e. The van der Waals surface area contributed by atoms with Crippen LogP contribution in [0.1, 0.15) is 111 Å². The standard InChI is InChI=1S/3C12H10.C8H8F2.2C8H9F.C8H16.C8H10.C7H14O.C6H6/c3*1-3-7-11(8-4-1)12-9-5-2-6-10-12;1-5-3-4-6(2)8(10)7(5)9;2*1-6-3-4-7(2)8(9)5-6;2*1-7-3-5-8(2)6-4-7;1-6-3-4-7(2)8-5-6;1-2-4-6-5-3-1/h3*1-10H;3-4H,1-2H3;2*3-5H,1-2H3;7-8H,3-6H2,1-2H3;3-6H,1-2H3;6-7H,3-5H2,1-2H3;1-6H. The van der Waals surface area contributed by atoms with Crippen LogP contribution in [0.25, 0.3) is 33.4 Å². The molecule has 0 bridgehead atoms. The number of ether oxygens (including phenoxy) is 1. The fraction of sp³-hybridized carbons (Fsp3) is 0.258. The molecule has 1 heterocycles. The Balaban J connectivity index is 0.000000224. The summed E-state index contributed by atoms with van der Waals surface area (Å²) < 4.78 is 55.8. The molecule has 492 valence electrons. The molecule has 1 aliphatic heterocycles. The summed E-state index contributed by atoms with van der Waals surface area (Å²) in [7, 11) is 0. The normalized spacial score (nSPS) is 14.7. The van der Waals surface area contributed by atoms with Gasteiger partial charge in [0.25, 0.3) is 0 Å². The van der Waals surface area contributed by atoms with Gasteiger partial charge in [-0.25, -0.2) is 17.6 Å². The number of aryl methyl sites for hydroxylation is 8. The molecule has 11 aromatic rings. The molecule has 0 N–H and O–H groups in total. The Morgan fingerprint density at radius 3 is 0.660 bits per heavy atom. The van der Waals surface area contributed by atoms with Gasteiger partial charge in [-0.1, -0.05) is 337 Å². The first kappa shape index (κ1) is 77.5. The second-order valence-electron chi connectivity index (χ2n) is 24.5. The van der Waals surface area contributed by atoms with Crippen molar-refractivity contribution in [1.82, 2.24) is 0 Å². The minimum absolute atomic E-state index is 0.116. The van der Waals surface area contributed by atoms with Crippen molar-refractivity contribution in [3.8, 4) is 33.4 Å². The Morgan fingerprint density at radius 1 is 0.245 bits per heavy atom.